The van der Waals surface area contributed by atoms with E-state index < -0.39 is 6.10 Å². The minimum Gasteiger partial charge on any atom is -0.335 e. The van der Waals surface area contributed by atoms with Crippen molar-refractivity contribution < 1.29 is 9.78 Å². The lowest BCUT2D eigenvalue weighted by Crippen LogP contribution is -2.05. The van der Waals surface area contributed by atoms with Crippen LogP contribution in [0.3, 0.4) is 0 Å². The highest BCUT2D eigenvalue weighted by Gasteiger charge is 2.13. The number of nitriles is 1. The second-order valence-corrected chi connectivity index (χ2v) is 4.58. The Kier molecular flexibility index (Phi) is 3.81. The van der Waals surface area contributed by atoms with E-state index in [1.54, 1.807) is 0 Å². The first kappa shape index (κ1) is 13.2. The van der Waals surface area contributed by atoms with Crippen molar-refractivity contribution in [1.82, 2.24) is 0 Å². The zero-order valence-electron chi connectivity index (χ0n) is 11.3. The highest BCUT2D eigenvalue weighted by Crippen LogP contribution is 2.27. The van der Waals surface area contributed by atoms with E-state index in [-0.39, 0.29) is 0 Å². The Hall–Kier alpha value is -2.83. The molecule has 0 spiro atoms. The van der Waals surface area contributed by atoms with Gasteiger partial charge in [-0.15, -0.1) is 0 Å². The molecule has 0 fully saturated rings. The first-order chi connectivity index (χ1) is 10.4. The van der Waals surface area contributed by atoms with Gasteiger partial charge in [-0.2, -0.15) is 10.1 Å². The molecule has 0 bridgehead atoms. The van der Waals surface area contributed by atoms with Gasteiger partial charge in [-0.3, -0.25) is 0 Å². The Labute approximate surface area is 122 Å². The second kappa shape index (κ2) is 6.08. The van der Waals surface area contributed by atoms with Crippen LogP contribution in [0.2, 0.25) is 0 Å². The maximum Gasteiger partial charge on any atom is 0.215 e. The van der Waals surface area contributed by atoms with Gasteiger partial charge in [-0.1, -0.05) is 66.7 Å². The summed E-state index contributed by atoms with van der Waals surface area (Å²) in [6.07, 6.45) is -0.759. The molecule has 0 radical (unpaired) electrons. The van der Waals surface area contributed by atoms with Gasteiger partial charge < -0.3 is 4.89 Å². The predicted octanol–water partition coefficient (Wildman–Crippen LogP) is 4.42. The summed E-state index contributed by atoms with van der Waals surface area (Å²) in [4.78, 5) is 10.7. The molecule has 0 saturated carbocycles. The van der Waals surface area contributed by atoms with E-state index in [0.29, 0.717) is 5.75 Å². The van der Waals surface area contributed by atoms with Gasteiger partial charge in [0.05, 0.1) is 0 Å². The molecule has 0 aliphatic rings. The van der Waals surface area contributed by atoms with Crippen molar-refractivity contribution in [2.24, 2.45) is 0 Å². The van der Waals surface area contributed by atoms with Gasteiger partial charge in [0.1, 0.15) is 6.07 Å². The van der Waals surface area contributed by atoms with E-state index in [1.165, 1.54) is 0 Å². The molecule has 1 atom stereocenters. The molecule has 0 aromatic heterocycles. The quantitative estimate of drug-likeness (QED) is 0.523. The van der Waals surface area contributed by atoms with Crippen LogP contribution in [0.5, 0.6) is 5.75 Å². The third-order valence-corrected chi connectivity index (χ3v) is 3.20. The minimum absolute atomic E-state index is 0.601. The lowest BCUT2D eigenvalue weighted by molar-refractivity contribution is -0.230. The van der Waals surface area contributed by atoms with Crippen molar-refractivity contribution in [1.29, 1.82) is 5.26 Å². The first-order valence-electron chi connectivity index (χ1n) is 6.64. The zero-order valence-corrected chi connectivity index (χ0v) is 11.3. The summed E-state index contributed by atoms with van der Waals surface area (Å²) in [5, 5.41) is 11.2. The van der Waals surface area contributed by atoms with Crippen LogP contribution < -0.4 is 4.89 Å². The number of nitrogens with zero attached hydrogens (tertiary/aromatic N) is 1. The second-order valence-electron chi connectivity index (χ2n) is 4.58. The number of hydrogen-bond donors (Lipinski definition) is 0. The molecule has 0 N–H and O–H groups in total. The molecule has 0 aliphatic heterocycles. The van der Waals surface area contributed by atoms with E-state index in [1.807, 2.05) is 72.8 Å². The van der Waals surface area contributed by atoms with Crippen molar-refractivity contribution in [2.45, 2.75) is 6.10 Å². The molecule has 0 heterocycles. The highest BCUT2D eigenvalue weighted by molar-refractivity contribution is 5.88. The van der Waals surface area contributed by atoms with Crippen molar-refractivity contribution in [3.8, 4) is 11.8 Å². The molecular formula is C18H13NO2. The molecule has 1 unspecified atom stereocenters. The number of fused-ring (bicyclic) bond motifs is 1. The van der Waals surface area contributed by atoms with Gasteiger partial charge >= 0.3 is 0 Å². The normalized spacial score (nSPS) is 11.8. The zero-order chi connectivity index (χ0) is 14.5. The lowest BCUT2D eigenvalue weighted by Gasteiger charge is -2.12. The van der Waals surface area contributed by atoms with Crippen LogP contribution in [0.25, 0.3) is 10.8 Å². The minimum atomic E-state index is -0.759. The Morgan fingerprint density at radius 3 is 2.33 bits per heavy atom. The smallest absolute Gasteiger partial charge is 0.215 e. The summed E-state index contributed by atoms with van der Waals surface area (Å²) < 4.78 is 0. The van der Waals surface area contributed by atoms with E-state index in [9.17, 15) is 5.26 Å². The summed E-state index contributed by atoms with van der Waals surface area (Å²) in [6, 6.07) is 25.0. The standard InChI is InChI=1S/C18H13NO2/c19-13-18(15-8-2-1-3-9-15)21-20-17-12-6-10-14-7-4-5-11-16(14)17/h1-12,18H. The molecule has 3 nitrogen and oxygen atoms in total. The van der Waals surface area contributed by atoms with E-state index in [2.05, 4.69) is 6.07 Å². The maximum atomic E-state index is 9.22. The van der Waals surface area contributed by atoms with Gasteiger partial charge in [0, 0.05) is 5.39 Å². The van der Waals surface area contributed by atoms with Crippen LogP contribution in [0.15, 0.2) is 72.8 Å². The van der Waals surface area contributed by atoms with Gasteiger partial charge in [-0.05, 0) is 17.0 Å². The van der Waals surface area contributed by atoms with Gasteiger partial charge in [0.15, 0.2) is 5.75 Å². The fourth-order valence-electron chi connectivity index (χ4n) is 2.15. The van der Waals surface area contributed by atoms with Crippen molar-refractivity contribution >= 4 is 10.8 Å². The topological polar surface area (TPSA) is 42.2 Å². The first-order valence-corrected chi connectivity index (χ1v) is 6.64. The third kappa shape index (κ3) is 2.86. The Morgan fingerprint density at radius 2 is 1.52 bits per heavy atom. The average Bonchev–Trinajstić information content (AvgIpc) is 2.56. The van der Waals surface area contributed by atoms with Crippen LogP contribution in [-0.2, 0) is 4.89 Å². The van der Waals surface area contributed by atoms with Gasteiger partial charge in [0.25, 0.3) is 0 Å². The van der Waals surface area contributed by atoms with Crippen LogP contribution >= 0.6 is 0 Å². The van der Waals surface area contributed by atoms with Gasteiger partial charge in [-0.25, -0.2) is 0 Å². The van der Waals surface area contributed by atoms with Crippen LogP contribution in [0, 0.1) is 11.3 Å². The molecular weight excluding hydrogens is 262 g/mol. The SMILES string of the molecule is N#CC(OOc1cccc2ccccc12)c1ccccc1. The molecule has 21 heavy (non-hydrogen) atoms. The summed E-state index contributed by atoms with van der Waals surface area (Å²) >= 11 is 0. The third-order valence-electron chi connectivity index (χ3n) is 3.20. The Balaban J connectivity index is 1.82. The Morgan fingerprint density at radius 1 is 0.810 bits per heavy atom. The molecule has 0 aliphatic carbocycles. The monoisotopic (exact) mass is 275 g/mol. The molecule has 0 saturated heterocycles. The predicted molar refractivity (Wildman–Crippen MR) is 80.5 cm³/mol. The lowest BCUT2D eigenvalue weighted by atomic mass is 10.1. The molecule has 3 rings (SSSR count). The molecule has 3 aromatic carbocycles. The molecule has 3 aromatic rings. The average molecular weight is 275 g/mol. The van der Waals surface area contributed by atoms with E-state index in [0.717, 1.165) is 16.3 Å². The molecule has 0 amide bonds. The summed E-state index contributed by atoms with van der Waals surface area (Å²) in [5.74, 6) is 0.601. The van der Waals surface area contributed by atoms with E-state index in [4.69, 9.17) is 9.78 Å². The number of benzene rings is 3. The molecule has 102 valence electrons. The van der Waals surface area contributed by atoms with Crippen LogP contribution in [-0.4, -0.2) is 0 Å². The number of hydrogen-bond acceptors (Lipinski definition) is 3. The highest BCUT2D eigenvalue weighted by atomic mass is 17.2. The largest absolute Gasteiger partial charge is 0.335 e. The summed E-state index contributed by atoms with van der Waals surface area (Å²) in [5.41, 5.74) is 0.764. The van der Waals surface area contributed by atoms with E-state index >= 15 is 0 Å². The molecule has 3 heteroatoms. The maximum absolute atomic E-state index is 9.22. The van der Waals surface area contributed by atoms with Crippen LogP contribution in [0.1, 0.15) is 11.7 Å². The summed E-state index contributed by atoms with van der Waals surface area (Å²) in [7, 11) is 0. The van der Waals surface area contributed by atoms with Crippen molar-refractivity contribution in [3.63, 3.8) is 0 Å². The van der Waals surface area contributed by atoms with Crippen molar-refractivity contribution in [3.05, 3.63) is 78.4 Å². The van der Waals surface area contributed by atoms with Crippen LogP contribution in [0.4, 0.5) is 0 Å². The Bertz CT molecular complexity index is 773. The van der Waals surface area contributed by atoms with Crippen molar-refractivity contribution in [2.75, 3.05) is 0 Å². The number of rotatable bonds is 4. The fourth-order valence-corrected chi connectivity index (χ4v) is 2.15. The van der Waals surface area contributed by atoms with Gasteiger partial charge in [0.2, 0.25) is 6.10 Å². The fraction of sp³-hybridized carbons (Fsp3) is 0.0556. The summed E-state index contributed by atoms with van der Waals surface area (Å²) in [6.45, 7) is 0.